The van der Waals surface area contributed by atoms with E-state index in [0.29, 0.717) is 18.4 Å². The lowest BCUT2D eigenvalue weighted by Crippen LogP contribution is -2.60. The number of carbonyl (C=O) groups excluding carboxylic acids is 2. The van der Waals surface area contributed by atoms with E-state index in [1.807, 2.05) is 32.0 Å². The quantitative estimate of drug-likeness (QED) is 0.418. The van der Waals surface area contributed by atoms with Crippen molar-refractivity contribution in [3.8, 4) is 0 Å². The van der Waals surface area contributed by atoms with Crippen LogP contribution in [0.25, 0.3) is 0 Å². The SMILES string of the molecule is C=C1C[C@@H](OC(=O)c2ccccc2)C2[C@](C)(CCC[C@@]2(C)O)[C@@H]1CCC(C)C=O. The normalized spacial score (nSPS) is 35.4. The number of benzene rings is 1. The third-order valence-corrected chi connectivity index (χ3v) is 7.31. The van der Waals surface area contributed by atoms with Crippen molar-refractivity contribution in [2.45, 2.75) is 71.0 Å². The third-order valence-electron chi connectivity index (χ3n) is 7.31. The maximum Gasteiger partial charge on any atom is 0.338 e. The van der Waals surface area contributed by atoms with E-state index < -0.39 is 11.7 Å². The molecule has 1 aromatic carbocycles. The van der Waals surface area contributed by atoms with E-state index in [1.165, 1.54) is 0 Å². The molecule has 2 saturated carbocycles. The Kier molecular flexibility index (Phi) is 6.33. The highest BCUT2D eigenvalue weighted by Gasteiger charge is 2.59. The zero-order valence-electron chi connectivity index (χ0n) is 17.9. The van der Waals surface area contributed by atoms with E-state index in [0.717, 1.165) is 37.5 Å². The monoisotopic (exact) mass is 398 g/mol. The molecule has 0 heterocycles. The fourth-order valence-electron chi connectivity index (χ4n) is 5.97. The largest absolute Gasteiger partial charge is 0.458 e. The van der Waals surface area contributed by atoms with Crippen molar-refractivity contribution in [3.63, 3.8) is 0 Å². The molecule has 2 aliphatic carbocycles. The molecule has 158 valence electrons. The topological polar surface area (TPSA) is 63.6 Å². The molecule has 0 amide bonds. The lowest BCUT2D eigenvalue weighted by molar-refractivity contribution is -0.172. The number of rotatable bonds is 6. The number of aldehydes is 1. The summed E-state index contributed by atoms with van der Waals surface area (Å²) >= 11 is 0. The Morgan fingerprint density at radius 3 is 2.66 bits per heavy atom. The Balaban J connectivity index is 1.88. The van der Waals surface area contributed by atoms with Crippen LogP contribution in [-0.2, 0) is 9.53 Å². The van der Waals surface area contributed by atoms with Crippen molar-refractivity contribution in [3.05, 3.63) is 48.0 Å². The second-order valence-corrected chi connectivity index (χ2v) is 9.61. The van der Waals surface area contributed by atoms with Gasteiger partial charge >= 0.3 is 5.97 Å². The molecule has 1 N–H and O–H groups in total. The van der Waals surface area contributed by atoms with Crippen LogP contribution in [0.15, 0.2) is 42.5 Å². The summed E-state index contributed by atoms with van der Waals surface area (Å²) in [6, 6.07) is 9.01. The van der Waals surface area contributed by atoms with Crippen molar-refractivity contribution in [1.29, 1.82) is 0 Å². The number of carbonyl (C=O) groups is 2. The molecule has 2 unspecified atom stereocenters. The van der Waals surface area contributed by atoms with Crippen LogP contribution in [0.4, 0.5) is 0 Å². The molecule has 6 atom stereocenters. The number of aliphatic hydroxyl groups is 1. The Labute approximate surface area is 174 Å². The summed E-state index contributed by atoms with van der Waals surface area (Å²) in [7, 11) is 0. The molecule has 0 spiro atoms. The summed E-state index contributed by atoms with van der Waals surface area (Å²) in [5.74, 6) is -0.269. The summed E-state index contributed by atoms with van der Waals surface area (Å²) in [6.07, 6.45) is 5.47. The highest BCUT2D eigenvalue weighted by Crippen LogP contribution is 2.59. The van der Waals surface area contributed by atoms with Crippen LogP contribution in [0.5, 0.6) is 0 Å². The summed E-state index contributed by atoms with van der Waals surface area (Å²) in [4.78, 5) is 23.9. The minimum Gasteiger partial charge on any atom is -0.458 e. The average Bonchev–Trinajstić information content (AvgIpc) is 2.66. The predicted molar refractivity (Wildman–Crippen MR) is 113 cm³/mol. The molecule has 1 aromatic rings. The van der Waals surface area contributed by atoms with Gasteiger partial charge in [-0.1, -0.05) is 50.6 Å². The van der Waals surface area contributed by atoms with Crippen molar-refractivity contribution < 1.29 is 19.4 Å². The molecule has 0 aliphatic heterocycles. The van der Waals surface area contributed by atoms with Gasteiger partial charge in [0.15, 0.2) is 0 Å². The molecule has 4 nitrogen and oxygen atoms in total. The predicted octanol–water partition coefficient (Wildman–Crippen LogP) is 4.96. The highest BCUT2D eigenvalue weighted by molar-refractivity contribution is 5.89. The Bertz CT molecular complexity index is 753. The van der Waals surface area contributed by atoms with Crippen molar-refractivity contribution in [2.24, 2.45) is 23.2 Å². The Morgan fingerprint density at radius 2 is 2.00 bits per heavy atom. The van der Waals surface area contributed by atoms with Gasteiger partial charge in [0.25, 0.3) is 0 Å². The lowest BCUT2D eigenvalue weighted by atomic mass is 9.48. The van der Waals surface area contributed by atoms with Gasteiger partial charge in [0.1, 0.15) is 12.4 Å². The summed E-state index contributed by atoms with van der Waals surface area (Å²) < 4.78 is 6.00. The third kappa shape index (κ3) is 4.32. The van der Waals surface area contributed by atoms with Crippen molar-refractivity contribution in [1.82, 2.24) is 0 Å². The second-order valence-electron chi connectivity index (χ2n) is 9.61. The van der Waals surface area contributed by atoms with E-state index in [-0.39, 0.29) is 29.1 Å². The molecule has 0 radical (unpaired) electrons. The summed E-state index contributed by atoms with van der Waals surface area (Å²) in [6.45, 7) is 10.4. The van der Waals surface area contributed by atoms with Gasteiger partial charge in [-0.05, 0) is 56.1 Å². The van der Waals surface area contributed by atoms with E-state index in [4.69, 9.17) is 4.74 Å². The van der Waals surface area contributed by atoms with Gasteiger partial charge in [-0.25, -0.2) is 4.79 Å². The summed E-state index contributed by atoms with van der Waals surface area (Å²) in [5, 5.41) is 11.3. The van der Waals surface area contributed by atoms with E-state index in [9.17, 15) is 14.7 Å². The molecular formula is C25H34O4. The van der Waals surface area contributed by atoms with Crippen LogP contribution in [0.2, 0.25) is 0 Å². The highest BCUT2D eigenvalue weighted by atomic mass is 16.5. The molecule has 29 heavy (non-hydrogen) atoms. The Morgan fingerprint density at radius 1 is 1.31 bits per heavy atom. The first-order chi connectivity index (χ1) is 13.7. The maximum absolute atomic E-state index is 12.8. The van der Waals surface area contributed by atoms with Crippen LogP contribution >= 0.6 is 0 Å². The molecule has 0 saturated heterocycles. The fraction of sp³-hybridized carbons (Fsp3) is 0.600. The van der Waals surface area contributed by atoms with E-state index in [1.54, 1.807) is 12.1 Å². The first-order valence-electron chi connectivity index (χ1n) is 10.8. The van der Waals surface area contributed by atoms with Crippen LogP contribution in [0, 0.1) is 23.2 Å². The van der Waals surface area contributed by atoms with Gasteiger partial charge < -0.3 is 14.6 Å². The maximum atomic E-state index is 12.8. The van der Waals surface area contributed by atoms with Crippen molar-refractivity contribution >= 4 is 12.3 Å². The van der Waals surface area contributed by atoms with E-state index >= 15 is 0 Å². The van der Waals surface area contributed by atoms with Gasteiger partial charge in [-0.3, -0.25) is 0 Å². The molecule has 0 aromatic heterocycles. The van der Waals surface area contributed by atoms with Crippen molar-refractivity contribution in [2.75, 3.05) is 0 Å². The van der Waals surface area contributed by atoms with Crippen LogP contribution < -0.4 is 0 Å². The van der Waals surface area contributed by atoms with Crippen LogP contribution in [-0.4, -0.2) is 29.1 Å². The van der Waals surface area contributed by atoms with E-state index in [2.05, 4.69) is 13.5 Å². The number of ether oxygens (including phenoxy) is 1. The number of esters is 1. The molecular weight excluding hydrogens is 364 g/mol. The number of hydrogen-bond acceptors (Lipinski definition) is 4. The fourth-order valence-corrected chi connectivity index (χ4v) is 5.97. The van der Waals surface area contributed by atoms with Gasteiger partial charge in [-0.15, -0.1) is 0 Å². The minimum absolute atomic E-state index is 0.0163. The van der Waals surface area contributed by atoms with Gasteiger partial charge in [-0.2, -0.15) is 0 Å². The zero-order chi connectivity index (χ0) is 21.2. The van der Waals surface area contributed by atoms with Gasteiger partial charge in [0.2, 0.25) is 0 Å². The smallest absolute Gasteiger partial charge is 0.338 e. The second kappa shape index (κ2) is 8.43. The minimum atomic E-state index is -0.899. The standard InChI is InChI=1S/C25H34O4/c1-17(16-26)11-12-20-18(2)15-21(29-23(27)19-9-6-5-7-10-19)22-24(20,3)13-8-14-25(22,4)28/h5-7,9-10,16-17,20-22,28H,2,8,11-15H2,1,3-4H3/t17?,20-,21-,22?,24-,25-/m1/s1. The Hall–Kier alpha value is -1.94. The molecule has 2 aliphatic rings. The zero-order valence-corrected chi connectivity index (χ0v) is 17.9. The average molecular weight is 399 g/mol. The number of hydrogen-bond donors (Lipinski definition) is 1. The first-order valence-corrected chi connectivity index (χ1v) is 10.8. The van der Waals surface area contributed by atoms with Gasteiger partial charge in [0.05, 0.1) is 11.2 Å². The van der Waals surface area contributed by atoms with Crippen LogP contribution in [0.3, 0.4) is 0 Å². The first kappa shape index (κ1) is 21.8. The molecule has 2 fully saturated rings. The lowest BCUT2D eigenvalue weighted by Gasteiger charge is -2.59. The molecule has 3 rings (SSSR count). The van der Waals surface area contributed by atoms with Crippen LogP contribution in [0.1, 0.15) is 69.7 Å². The summed E-state index contributed by atoms with van der Waals surface area (Å²) in [5.41, 5.74) is 0.494. The molecule has 4 heteroatoms. The molecule has 0 bridgehead atoms. The van der Waals surface area contributed by atoms with Gasteiger partial charge in [0, 0.05) is 18.3 Å². The number of fused-ring (bicyclic) bond motifs is 1.